The lowest BCUT2D eigenvalue weighted by molar-refractivity contribution is -0.135. The number of benzene rings is 1. The lowest BCUT2D eigenvalue weighted by Gasteiger charge is -2.33. The van der Waals surface area contributed by atoms with E-state index in [1.165, 1.54) is 0 Å². The third-order valence-electron chi connectivity index (χ3n) is 4.94. The molecule has 1 fully saturated rings. The predicted molar refractivity (Wildman–Crippen MR) is 106 cm³/mol. The molecule has 1 aromatic carbocycles. The fourth-order valence-electron chi connectivity index (χ4n) is 3.23. The van der Waals surface area contributed by atoms with Crippen molar-refractivity contribution in [3.8, 4) is 0 Å². The second-order valence-electron chi connectivity index (χ2n) is 6.75. The molecule has 1 saturated heterocycles. The third kappa shape index (κ3) is 6.27. The van der Waals surface area contributed by atoms with Gasteiger partial charge in [-0.2, -0.15) is 0 Å². The van der Waals surface area contributed by atoms with Crippen LogP contribution in [0.4, 0.5) is 0 Å². The number of carbonyl (C=O) groups excluding carboxylic acids is 2. The molecule has 2 amide bonds. The van der Waals surface area contributed by atoms with Crippen molar-refractivity contribution in [3.63, 3.8) is 0 Å². The van der Waals surface area contributed by atoms with Crippen molar-refractivity contribution in [2.24, 2.45) is 11.7 Å². The van der Waals surface area contributed by atoms with Crippen molar-refractivity contribution < 1.29 is 9.59 Å². The molecule has 2 atom stereocenters. The molecule has 0 bridgehead atoms. The second-order valence-corrected chi connectivity index (χ2v) is 6.75. The first-order chi connectivity index (χ1) is 12.0. The van der Waals surface area contributed by atoms with Crippen LogP contribution in [-0.2, 0) is 9.59 Å². The number of rotatable bonds is 7. The largest absolute Gasteiger partial charge is 0.355 e. The van der Waals surface area contributed by atoms with Crippen LogP contribution in [0.2, 0.25) is 0 Å². The maximum Gasteiger partial charge on any atom is 0.236 e. The molecular weight excluding hydrogens is 352 g/mol. The minimum atomic E-state index is -0.0510. The third-order valence-corrected chi connectivity index (χ3v) is 4.94. The minimum Gasteiger partial charge on any atom is -0.355 e. The lowest BCUT2D eigenvalue weighted by Crippen LogP contribution is -2.47. The smallest absolute Gasteiger partial charge is 0.236 e. The molecule has 1 aromatic rings. The van der Waals surface area contributed by atoms with Gasteiger partial charge in [0, 0.05) is 26.7 Å². The molecular formula is C19H31ClN4O2. The summed E-state index contributed by atoms with van der Waals surface area (Å²) >= 11 is 0. The molecule has 1 aliphatic rings. The molecule has 3 N–H and O–H groups in total. The number of piperidine rings is 1. The summed E-state index contributed by atoms with van der Waals surface area (Å²) in [6, 6.07) is 10.0. The van der Waals surface area contributed by atoms with E-state index in [9.17, 15) is 9.59 Å². The first-order valence-electron chi connectivity index (χ1n) is 9.03. The van der Waals surface area contributed by atoms with Gasteiger partial charge in [-0.1, -0.05) is 30.3 Å². The summed E-state index contributed by atoms with van der Waals surface area (Å²) in [5.41, 5.74) is 6.56. The van der Waals surface area contributed by atoms with E-state index in [1.807, 2.05) is 44.3 Å². The number of nitrogens with zero attached hydrogens (tertiary/aromatic N) is 2. The summed E-state index contributed by atoms with van der Waals surface area (Å²) in [5, 5.41) is 2.85. The van der Waals surface area contributed by atoms with Crippen LogP contribution < -0.4 is 11.1 Å². The molecule has 0 aliphatic carbocycles. The Kier molecular flexibility index (Phi) is 9.62. The van der Waals surface area contributed by atoms with E-state index < -0.39 is 0 Å². The van der Waals surface area contributed by atoms with Crippen molar-refractivity contribution in [2.75, 3.05) is 39.8 Å². The van der Waals surface area contributed by atoms with Gasteiger partial charge in [-0.15, -0.1) is 12.4 Å². The van der Waals surface area contributed by atoms with Crippen LogP contribution in [0, 0.1) is 5.92 Å². The van der Waals surface area contributed by atoms with Crippen molar-refractivity contribution in [1.82, 2.24) is 15.1 Å². The number of nitrogens with two attached hydrogens (primary N) is 1. The highest BCUT2D eigenvalue weighted by Crippen LogP contribution is 2.20. The number of hydrogen-bond donors (Lipinski definition) is 2. The van der Waals surface area contributed by atoms with Gasteiger partial charge >= 0.3 is 0 Å². The molecule has 0 spiro atoms. The molecule has 146 valence electrons. The zero-order chi connectivity index (χ0) is 18.2. The summed E-state index contributed by atoms with van der Waals surface area (Å²) in [6.45, 7) is 4.84. The van der Waals surface area contributed by atoms with Gasteiger partial charge in [0.2, 0.25) is 11.8 Å². The van der Waals surface area contributed by atoms with E-state index >= 15 is 0 Å². The van der Waals surface area contributed by atoms with Gasteiger partial charge in [0.25, 0.3) is 0 Å². The predicted octanol–water partition coefficient (Wildman–Crippen LogP) is 1.41. The number of likely N-dealkylation sites (N-methyl/N-ethyl adjacent to an activating group) is 1. The van der Waals surface area contributed by atoms with Crippen molar-refractivity contribution in [2.45, 2.75) is 25.8 Å². The second kappa shape index (κ2) is 11.2. The Balaban J connectivity index is 0.00000338. The number of likely N-dealkylation sites (tertiary alicyclic amines) is 1. The molecule has 1 aliphatic heterocycles. The number of hydrogen-bond acceptors (Lipinski definition) is 4. The zero-order valence-electron chi connectivity index (χ0n) is 15.7. The molecule has 7 heteroatoms. The van der Waals surface area contributed by atoms with Gasteiger partial charge in [0.1, 0.15) is 0 Å². The van der Waals surface area contributed by atoms with Crippen LogP contribution >= 0.6 is 12.4 Å². The summed E-state index contributed by atoms with van der Waals surface area (Å²) in [4.78, 5) is 28.6. The van der Waals surface area contributed by atoms with E-state index in [0.717, 1.165) is 24.9 Å². The van der Waals surface area contributed by atoms with E-state index in [-0.39, 0.29) is 36.2 Å². The Morgan fingerprint density at radius 1 is 1.35 bits per heavy atom. The van der Waals surface area contributed by atoms with E-state index in [2.05, 4.69) is 10.2 Å². The van der Waals surface area contributed by atoms with Crippen molar-refractivity contribution in [1.29, 1.82) is 0 Å². The van der Waals surface area contributed by atoms with Gasteiger partial charge in [-0.05, 0) is 31.9 Å². The van der Waals surface area contributed by atoms with Crippen LogP contribution in [0.1, 0.15) is 31.4 Å². The fourth-order valence-corrected chi connectivity index (χ4v) is 3.23. The average Bonchev–Trinajstić information content (AvgIpc) is 2.65. The quantitative estimate of drug-likeness (QED) is 0.747. The Labute approximate surface area is 162 Å². The summed E-state index contributed by atoms with van der Waals surface area (Å²) < 4.78 is 0. The molecule has 2 rings (SSSR count). The highest BCUT2D eigenvalue weighted by atomic mass is 35.5. The molecule has 6 nitrogen and oxygen atoms in total. The zero-order valence-corrected chi connectivity index (χ0v) is 16.5. The Morgan fingerprint density at radius 3 is 2.69 bits per heavy atom. The van der Waals surface area contributed by atoms with Gasteiger partial charge in [-0.25, -0.2) is 0 Å². The monoisotopic (exact) mass is 382 g/mol. The van der Waals surface area contributed by atoms with Crippen LogP contribution in [-0.4, -0.2) is 61.4 Å². The first-order valence-corrected chi connectivity index (χ1v) is 9.03. The first kappa shape index (κ1) is 22.4. The standard InChI is InChI=1S/C19H30N4O2.ClH/c1-15(16-7-4-3-5-8-16)22(2)18(24)14-23-12-6-9-17(13-23)19(25)21-11-10-20;/h3-5,7-8,15,17H,6,9-14,20H2,1-2H3,(H,21,25);1H. The lowest BCUT2D eigenvalue weighted by atomic mass is 9.97. The minimum absolute atomic E-state index is 0. The van der Waals surface area contributed by atoms with Gasteiger partial charge < -0.3 is 16.0 Å². The van der Waals surface area contributed by atoms with Crippen LogP contribution in [0.25, 0.3) is 0 Å². The van der Waals surface area contributed by atoms with Gasteiger partial charge in [-0.3, -0.25) is 14.5 Å². The van der Waals surface area contributed by atoms with Gasteiger partial charge in [0.15, 0.2) is 0 Å². The maximum atomic E-state index is 12.6. The maximum absolute atomic E-state index is 12.6. The average molecular weight is 383 g/mol. The molecule has 0 radical (unpaired) electrons. The molecule has 26 heavy (non-hydrogen) atoms. The van der Waals surface area contributed by atoms with E-state index in [1.54, 1.807) is 4.90 Å². The van der Waals surface area contributed by atoms with Crippen LogP contribution in [0.3, 0.4) is 0 Å². The molecule has 0 aromatic heterocycles. The number of nitrogens with one attached hydrogen (secondary N) is 1. The normalized spacial score (nSPS) is 18.5. The highest BCUT2D eigenvalue weighted by molar-refractivity contribution is 5.85. The summed E-state index contributed by atoms with van der Waals surface area (Å²) in [6.07, 6.45) is 1.81. The van der Waals surface area contributed by atoms with E-state index in [4.69, 9.17) is 5.73 Å². The number of carbonyl (C=O) groups is 2. The van der Waals surface area contributed by atoms with Crippen molar-refractivity contribution >= 4 is 24.2 Å². The molecule has 1 heterocycles. The fraction of sp³-hybridized carbons (Fsp3) is 0.579. The van der Waals surface area contributed by atoms with Crippen LogP contribution in [0.5, 0.6) is 0 Å². The molecule has 2 unspecified atom stereocenters. The Hall–Kier alpha value is -1.63. The SMILES string of the molecule is CC(c1ccccc1)N(C)C(=O)CN1CCCC(C(=O)NCCN)C1.Cl. The van der Waals surface area contributed by atoms with E-state index in [0.29, 0.717) is 26.2 Å². The summed E-state index contributed by atoms with van der Waals surface area (Å²) in [7, 11) is 1.84. The Bertz CT molecular complexity index is 570. The number of halogens is 1. The van der Waals surface area contributed by atoms with Crippen LogP contribution in [0.15, 0.2) is 30.3 Å². The topological polar surface area (TPSA) is 78.7 Å². The highest BCUT2D eigenvalue weighted by Gasteiger charge is 2.28. The number of amides is 2. The molecule has 0 saturated carbocycles. The van der Waals surface area contributed by atoms with Gasteiger partial charge in [0.05, 0.1) is 18.5 Å². The Morgan fingerprint density at radius 2 is 2.04 bits per heavy atom. The summed E-state index contributed by atoms with van der Waals surface area (Å²) in [5.74, 6) is 0.0814. The van der Waals surface area contributed by atoms with Crippen molar-refractivity contribution in [3.05, 3.63) is 35.9 Å².